The van der Waals surface area contributed by atoms with E-state index in [1.165, 1.54) is 0 Å². The van der Waals surface area contributed by atoms with Gasteiger partial charge in [-0.15, -0.1) is 11.8 Å². The van der Waals surface area contributed by atoms with Crippen LogP contribution < -0.4 is 4.74 Å². The number of aliphatic hydroxyl groups is 1. The summed E-state index contributed by atoms with van der Waals surface area (Å²) in [6, 6.07) is 13.6. The van der Waals surface area contributed by atoms with Crippen LogP contribution in [0, 0.1) is 11.8 Å². The van der Waals surface area contributed by atoms with E-state index in [-0.39, 0.29) is 6.42 Å². The number of nitrogens with zero attached hydrogens (tertiary/aromatic N) is 3. The van der Waals surface area contributed by atoms with Crippen LogP contribution in [0.1, 0.15) is 43.8 Å². The number of carboxylic acid groups (broad SMARTS) is 1. The average Bonchev–Trinajstić information content (AvgIpc) is 2.91. The summed E-state index contributed by atoms with van der Waals surface area (Å²) < 4.78 is 5.37. The Bertz CT molecular complexity index is 1130. The molecule has 8 heteroatoms. The number of pyridine rings is 2. The number of thioether (sulfide) groups is 1. The summed E-state index contributed by atoms with van der Waals surface area (Å²) in [6.07, 6.45) is 6.35. The summed E-state index contributed by atoms with van der Waals surface area (Å²) in [5.74, 6) is 1.68. The molecule has 1 aromatic carbocycles. The van der Waals surface area contributed by atoms with Gasteiger partial charge in [-0.1, -0.05) is 6.07 Å². The Balaban J connectivity index is 1.35. The largest absolute Gasteiger partial charge is 0.497 e. The van der Waals surface area contributed by atoms with Gasteiger partial charge >= 0.3 is 5.97 Å². The zero-order valence-corrected chi connectivity index (χ0v) is 21.6. The van der Waals surface area contributed by atoms with Gasteiger partial charge in [-0.05, 0) is 86.0 Å². The number of benzene rings is 1. The minimum absolute atomic E-state index is 0.190. The highest BCUT2D eigenvalue weighted by molar-refractivity contribution is 7.99. The molecule has 0 spiro atoms. The maximum Gasteiger partial charge on any atom is 0.303 e. The zero-order valence-electron chi connectivity index (χ0n) is 20.8. The van der Waals surface area contributed by atoms with Gasteiger partial charge in [-0.2, -0.15) is 0 Å². The third-order valence-electron chi connectivity index (χ3n) is 7.15. The van der Waals surface area contributed by atoms with Gasteiger partial charge in [0.2, 0.25) is 0 Å². The third-order valence-corrected chi connectivity index (χ3v) is 8.08. The Morgan fingerprint density at radius 3 is 2.83 bits per heavy atom. The number of hydrogen-bond acceptors (Lipinski definition) is 7. The van der Waals surface area contributed by atoms with Crippen LogP contribution in [0.5, 0.6) is 5.75 Å². The first kappa shape index (κ1) is 26.4. The lowest BCUT2D eigenvalue weighted by Crippen LogP contribution is -2.41. The molecule has 1 aliphatic rings. The van der Waals surface area contributed by atoms with Crippen molar-refractivity contribution >= 4 is 28.6 Å². The third kappa shape index (κ3) is 7.18. The lowest BCUT2D eigenvalue weighted by Gasteiger charge is -2.39. The summed E-state index contributed by atoms with van der Waals surface area (Å²) in [5.41, 5.74) is 1.70. The second kappa shape index (κ2) is 13.0. The number of likely N-dealkylation sites (tertiary alicyclic amines) is 1. The number of carbonyl (C=O) groups is 1. The van der Waals surface area contributed by atoms with Crippen molar-refractivity contribution in [1.29, 1.82) is 0 Å². The molecule has 3 atom stereocenters. The predicted octanol–water partition coefficient (Wildman–Crippen LogP) is 5.05. The Hall–Kier alpha value is -2.68. The topological polar surface area (TPSA) is 95.8 Å². The van der Waals surface area contributed by atoms with E-state index in [0.29, 0.717) is 24.7 Å². The molecular formula is C28H35N3O4S. The number of carboxylic acids is 1. The number of aliphatic hydroxyl groups excluding tert-OH is 1. The average molecular weight is 510 g/mol. The lowest BCUT2D eigenvalue weighted by molar-refractivity contribution is -0.137. The highest BCUT2D eigenvalue weighted by Gasteiger charge is 2.30. The maximum absolute atomic E-state index is 11.3. The van der Waals surface area contributed by atoms with Crippen molar-refractivity contribution in [3.8, 4) is 5.75 Å². The molecule has 36 heavy (non-hydrogen) atoms. The van der Waals surface area contributed by atoms with Crippen molar-refractivity contribution < 1.29 is 19.7 Å². The molecule has 2 N–H and O–H groups in total. The molecule has 192 valence electrons. The Morgan fingerprint density at radius 1 is 1.17 bits per heavy atom. The van der Waals surface area contributed by atoms with Crippen LogP contribution >= 0.6 is 11.8 Å². The van der Waals surface area contributed by atoms with Crippen LogP contribution in [-0.2, 0) is 4.79 Å². The van der Waals surface area contributed by atoms with Gasteiger partial charge in [-0.25, -0.2) is 4.98 Å². The summed E-state index contributed by atoms with van der Waals surface area (Å²) in [6.45, 7) is 2.87. The van der Waals surface area contributed by atoms with Gasteiger partial charge in [0.15, 0.2) is 0 Å². The molecule has 1 aliphatic heterocycles. The van der Waals surface area contributed by atoms with Crippen molar-refractivity contribution in [3.05, 3.63) is 60.4 Å². The Kier molecular flexibility index (Phi) is 9.55. The van der Waals surface area contributed by atoms with Crippen LogP contribution in [-0.4, -0.2) is 63.5 Å². The van der Waals surface area contributed by atoms with Gasteiger partial charge in [0, 0.05) is 43.0 Å². The zero-order chi connectivity index (χ0) is 25.3. The van der Waals surface area contributed by atoms with Gasteiger partial charge in [0.25, 0.3) is 0 Å². The molecule has 7 nitrogen and oxygen atoms in total. The molecule has 0 saturated carbocycles. The van der Waals surface area contributed by atoms with Crippen LogP contribution in [0.3, 0.4) is 0 Å². The molecule has 3 aromatic rings. The van der Waals surface area contributed by atoms with Gasteiger partial charge in [0.1, 0.15) is 5.75 Å². The first-order chi connectivity index (χ1) is 17.5. The summed E-state index contributed by atoms with van der Waals surface area (Å²) >= 11 is 1.76. The number of aromatic nitrogens is 2. The molecule has 4 rings (SSSR count). The molecule has 0 amide bonds. The fourth-order valence-electron chi connectivity index (χ4n) is 5.18. The maximum atomic E-state index is 11.3. The molecule has 0 bridgehead atoms. The molecule has 1 fully saturated rings. The van der Waals surface area contributed by atoms with E-state index in [4.69, 9.17) is 4.74 Å². The number of piperidine rings is 1. The van der Waals surface area contributed by atoms with E-state index in [1.807, 2.05) is 48.7 Å². The van der Waals surface area contributed by atoms with Crippen molar-refractivity contribution in [2.75, 3.05) is 32.5 Å². The summed E-state index contributed by atoms with van der Waals surface area (Å²) in [7, 11) is 1.63. The number of rotatable bonds is 12. The number of aliphatic carboxylic acids is 1. The van der Waals surface area contributed by atoms with Gasteiger partial charge < -0.3 is 19.8 Å². The monoisotopic (exact) mass is 509 g/mol. The Morgan fingerprint density at radius 2 is 2.06 bits per heavy atom. The summed E-state index contributed by atoms with van der Waals surface area (Å²) in [4.78, 5) is 22.6. The second-order valence-corrected chi connectivity index (χ2v) is 10.5. The van der Waals surface area contributed by atoms with Crippen LogP contribution in [0.4, 0.5) is 0 Å². The molecule has 2 aromatic heterocycles. The highest BCUT2D eigenvalue weighted by Crippen LogP contribution is 2.35. The highest BCUT2D eigenvalue weighted by atomic mass is 32.2. The smallest absolute Gasteiger partial charge is 0.303 e. The standard InChI is InChI=1S/C28H35N3O4S/c1-35-22-7-8-25-24(18-22)23(11-14-29-25)26(32)9-5-20-12-15-31(19-21(20)6-10-28(33)34)16-17-36-27-4-2-3-13-30-27/h2-4,7-8,11,13-14,18,20-21,26,32H,5-6,9-10,12,15-17,19H2,1H3,(H,33,34)/t20-,21-,26-/m1/s1. The van der Waals surface area contributed by atoms with E-state index in [0.717, 1.165) is 65.5 Å². The van der Waals surface area contributed by atoms with Crippen molar-refractivity contribution in [2.45, 2.75) is 43.2 Å². The number of hydrogen-bond donors (Lipinski definition) is 2. The minimum atomic E-state index is -0.742. The van der Waals surface area contributed by atoms with Crippen molar-refractivity contribution in [2.24, 2.45) is 11.8 Å². The first-order valence-electron chi connectivity index (χ1n) is 12.6. The summed E-state index contributed by atoms with van der Waals surface area (Å²) in [5, 5.41) is 22.3. The molecule has 0 unspecified atom stereocenters. The van der Waals surface area contributed by atoms with Gasteiger partial charge in [-0.3, -0.25) is 9.78 Å². The Labute approximate surface area is 216 Å². The van der Waals surface area contributed by atoms with E-state index in [1.54, 1.807) is 25.1 Å². The molecule has 0 aliphatic carbocycles. The number of methoxy groups -OCH3 is 1. The molecule has 3 heterocycles. The normalized spacial score (nSPS) is 19.3. The van der Waals surface area contributed by atoms with Crippen molar-refractivity contribution in [1.82, 2.24) is 14.9 Å². The lowest BCUT2D eigenvalue weighted by atomic mass is 9.79. The van der Waals surface area contributed by atoms with E-state index in [2.05, 4.69) is 14.9 Å². The molecule has 0 radical (unpaired) electrons. The van der Waals surface area contributed by atoms with Crippen LogP contribution in [0.15, 0.2) is 59.9 Å². The minimum Gasteiger partial charge on any atom is -0.497 e. The van der Waals surface area contributed by atoms with Crippen LogP contribution in [0.25, 0.3) is 10.9 Å². The van der Waals surface area contributed by atoms with Gasteiger partial charge in [0.05, 0.1) is 23.8 Å². The predicted molar refractivity (Wildman–Crippen MR) is 142 cm³/mol. The fraction of sp³-hybridized carbons (Fsp3) is 0.464. The van der Waals surface area contributed by atoms with E-state index in [9.17, 15) is 15.0 Å². The first-order valence-corrected chi connectivity index (χ1v) is 13.6. The molecular weight excluding hydrogens is 474 g/mol. The number of ether oxygens (including phenoxy) is 1. The molecule has 1 saturated heterocycles. The second-order valence-electron chi connectivity index (χ2n) is 9.43. The quantitative estimate of drug-likeness (QED) is 0.328. The number of fused-ring (bicyclic) bond motifs is 1. The van der Waals surface area contributed by atoms with E-state index < -0.39 is 12.1 Å². The SMILES string of the molecule is COc1ccc2nccc([C@H](O)CC[C@@H]3CCN(CCSc4ccccn4)C[C@H]3CCC(=O)O)c2c1. The van der Waals surface area contributed by atoms with Crippen molar-refractivity contribution in [3.63, 3.8) is 0 Å². The van der Waals surface area contributed by atoms with E-state index >= 15 is 0 Å². The van der Waals surface area contributed by atoms with Crippen LogP contribution in [0.2, 0.25) is 0 Å². The fourth-order valence-corrected chi connectivity index (χ4v) is 6.05.